The van der Waals surface area contributed by atoms with Crippen LogP contribution in [0.2, 0.25) is 0 Å². The van der Waals surface area contributed by atoms with Gasteiger partial charge in [-0.3, -0.25) is 9.59 Å². The smallest absolute Gasteiger partial charge is 0.461 e. The third kappa shape index (κ3) is 4.59. The van der Waals surface area contributed by atoms with Gasteiger partial charge in [-0.2, -0.15) is 17.6 Å². The van der Waals surface area contributed by atoms with E-state index < -0.39 is 42.6 Å². The number of halogens is 4. The van der Waals surface area contributed by atoms with Crippen molar-refractivity contribution in [2.75, 3.05) is 19.8 Å². The molecular weight excluding hydrogens is 350 g/mol. The number of carboxylic acids is 1. The number of rotatable bonds is 6. The Labute approximate surface area is 139 Å². The van der Waals surface area contributed by atoms with Crippen LogP contribution in [0.15, 0.2) is 24.3 Å². The van der Waals surface area contributed by atoms with Crippen molar-refractivity contribution in [3.8, 4) is 5.75 Å². The number of morpholine rings is 1. The van der Waals surface area contributed by atoms with E-state index in [0.717, 1.165) is 17.0 Å². The third-order valence-corrected chi connectivity index (χ3v) is 3.52. The molecule has 1 N–H and O–H groups in total. The number of para-hydroxylation sites is 1. The first-order chi connectivity index (χ1) is 11.7. The number of carbonyl (C=O) groups excluding carboxylic acids is 1. The summed E-state index contributed by atoms with van der Waals surface area (Å²) < 4.78 is 60.2. The van der Waals surface area contributed by atoms with Crippen LogP contribution >= 0.6 is 0 Å². The van der Waals surface area contributed by atoms with Crippen LogP contribution in [0.5, 0.6) is 5.75 Å². The number of ether oxygens (including phenoxy) is 2. The number of benzene rings is 1. The lowest BCUT2D eigenvalue weighted by atomic mass is 10.1. The summed E-state index contributed by atoms with van der Waals surface area (Å²) >= 11 is 0. The summed E-state index contributed by atoms with van der Waals surface area (Å²) in [5.74, 6) is -2.67. The summed E-state index contributed by atoms with van der Waals surface area (Å²) in [6, 6.07) is 3.92. The average molecular weight is 365 g/mol. The molecule has 0 radical (unpaired) electrons. The predicted molar refractivity (Wildman–Crippen MR) is 75.9 cm³/mol. The molecule has 6 nitrogen and oxygen atoms in total. The zero-order valence-corrected chi connectivity index (χ0v) is 12.8. The molecule has 138 valence electrons. The molecule has 0 spiro atoms. The number of carbonyl (C=O) groups is 2. The second-order valence-corrected chi connectivity index (χ2v) is 5.29. The van der Waals surface area contributed by atoms with E-state index in [1.165, 1.54) is 12.1 Å². The molecule has 1 heterocycles. The number of nitrogens with zero attached hydrogens (tertiary/aromatic N) is 1. The van der Waals surface area contributed by atoms with Gasteiger partial charge in [0.15, 0.2) is 0 Å². The molecule has 1 aromatic rings. The molecule has 1 aliphatic rings. The van der Waals surface area contributed by atoms with E-state index in [4.69, 9.17) is 9.84 Å². The minimum atomic E-state index is -4.76. The van der Waals surface area contributed by atoms with Crippen LogP contribution in [0.3, 0.4) is 0 Å². The molecular formula is C15H15F4NO5. The fraction of sp³-hybridized carbons (Fsp3) is 0.467. The molecule has 1 atom stereocenters. The summed E-state index contributed by atoms with van der Waals surface area (Å²) in [5, 5.41) is 8.90. The monoisotopic (exact) mass is 365 g/mol. The summed E-state index contributed by atoms with van der Waals surface area (Å²) in [7, 11) is 0. The molecule has 0 unspecified atom stereocenters. The second kappa shape index (κ2) is 7.68. The van der Waals surface area contributed by atoms with Gasteiger partial charge in [-0.1, -0.05) is 12.1 Å². The maximum absolute atomic E-state index is 13.2. The minimum absolute atomic E-state index is 0.0335. The molecule has 2 rings (SSSR count). The molecule has 0 aliphatic carbocycles. The van der Waals surface area contributed by atoms with Crippen LogP contribution in [0.1, 0.15) is 16.8 Å². The maximum atomic E-state index is 13.2. The average Bonchev–Trinajstić information content (AvgIpc) is 2.54. The van der Waals surface area contributed by atoms with E-state index in [1.807, 2.05) is 0 Å². The lowest BCUT2D eigenvalue weighted by Crippen LogP contribution is -2.49. The van der Waals surface area contributed by atoms with E-state index >= 15 is 0 Å². The van der Waals surface area contributed by atoms with Crippen LogP contribution in [0, 0.1) is 0 Å². The van der Waals surface area contributed by atoms with E-state index in [1.54, 1.807) is 0 Å². The highest BCUT2D eigenvalue weighted by Crippen LogP contribution is 2.31. The van der Waals surface area contributed by atoms with Gasteiger partial charge in [0.1, 0.15) is 5.75 Å². The number of alkyl halides is 4. The summed E-state index contributed by atoms with van der Waals surface area (Å²) in [5.41, 5.74) is -0.361. The standard InChI is InChI=1S/C15H15F4NO5/c16-14(17)15(18,19)25-11-4-2-1-3-10(11)13(23)20-5-6-24-8-9(20)7-12(21)22/h1-4,9,14H,5-8H2,(H,21,22)/t9-/m0/s1. The van der Waals surface area contributed by atoms with Gasteiger partial charge in [0.2, 0.25) is 0 Å². The van der Waals surface area contributed by atoms with Crippen LogP contribution in [0.4, 0.5) is 17.6 Å². The SMILES string of the molecule is O=C(O)C[C@H]1COCCN1C(=O)c1ccccc1OC(F)(F)C(F)F. The molecule has 0 aromatic heterocycles. The van der Waals surface area contributed by atoms with E-state index in [-0.39, 0.29) is 25.3 Å². The van der Waals surface area contributed by atoms with Crippen LogP contribution in [0.25, 0.3) is 0 Å². The molecule has 10 heteroatoms. The maximum Gasteiger partial charge on any atom is 0.461 e. The Hall–Kier alpha value is -2.36. The first kappa shape index (κ1) is 19.0. The highest BCUT2D eigenvalue weighted by molar-refractivity contribution is 5.97. The van der Waals surface area contributed by atoms with Gasteiger partial charge < -0.3 is 19.5 Å². The van der Waals surface area contributed by atoms with Crippen LogP contribution in [-0.2, 0) is 9.53 Å². The molecule has 1 aliphatic heterocycles. The van der Waals surface area contributed by atoms with Gasteiger partial charge in [-0.05, 0) is 12.1 Å². The minimum Gasteiger partial charge on any atom is -0.481 e. The first-order valence-corrected chi connectivity index (χ1v) is 7.27. The Morgan fingerprint density at radius 2 is 2.04 bits per heavy atom. The Balaban J connectivity index is 2.28. The van der Waals surface area contributed by atoms with Gasteiger partial charge >= 0.3 is 18.5 Å². The lowest BCUT2D eigenvalue weighted by molar-refractivity contribution is -0.253. The molecule has 25 heavy (non-hydrogen) atoms. The number of carboxylic acid groups (broad SMARTS) is 1. The van der Waals surface area contributed by atoms with Gasteiger partial charge in [0, 0.05) is 6.54 Å². The second-order valence-electron chi connectivity index (χ2n) is 5.29. The Kier molecular flexibility index (Phi) is 5.83. The zero-order valence-electron chi connectivity index (χ0n) is 12.8. The normalized spacial score (nSPS) is 18.3. The Morgan fingerprint density at radius 1 is 1.36 bits per heavy atom. The highest BCUT2D eigenvalue weighted by atomic mass is 19.3. The molecule has 1 fully saturated rings. The van der Waals surface area contributed by atoms with Gasteiger partial charge in [0.05, 0.1) is 31.2 Å². The number of hydrogen-bond donors (Lipinski definition) is 1. The molecule has 1 amide bonds. The van der Waals surface area contributed by atoms with Crippen molar-refractivity contribution >= 4 is 11.9 Å². The van der Waals surface area contributed by atoms with Crippen molar-refractivity contribution in [3.05, 3.63) is 29.8 Å². The number of hydrogen-bond acceptors (Lipinski definition) is 4. The molecule has 0 bridgehead atoms. The fourth-order valence-corrected chi connectivity index (χ4v) is 2.37. The van der Waals surface area contributed by atoms with Crippen LogP contribution in [-0.4, -0.2) is 60.2 Å². The van der Waals surface area contributed by atoms with Crippen molar-refractivity contribution in [2.24, 2.45) is 0 Å². The van der Waals surface area contributed by atoms with Crippen molar-refractivity contribution in [2.45, 2.75) is 25.0 Å². The van der Waals surface area contributed by atoms with Crippen LogP contribution < -0.4 is 4.74 Å². The van der Waals surface area contributed by atoms with Crippen molar-refractivity contribution in [3.63, 3.8) is 0 Å². The highest BCUT2D eigenvalue weighted by Gasteiger charge is 2.45. The van der Waals surface area contributed by atoms with E-state index in [0.29, 0.717) is 0 Å². The third-order valence-electron chi connectivity index (χ3n) is 3.52. The number of amides is 1. The van der Waals surface area contributed by atoms with Gasteiger partial charge in [-0.25, -0.2) is 0 Å². The summed E-state index contributed by atoms with van der Waals surface area (Å²) in [6.45, 7) is 0.142. The summed E-state index contributed by atoms with van der Waals surface area (Å²) in [6.07, 6.45) is -9.23. The topological polar surface area (TPSA) is 76.1 Å². The zero-order chi connectivity index (χ0) is 18.6. The summed E-state index contributed by atoms with van der Waals surface area (Å²) in [4.78, 5) is 24.7. The largest absolute Gasteiger partial charge is 0.481 e. The van der Waals surface area contributed by atoms with Crippen molar-refractivity contribution < 1.29 is 41.7 Å². The Morgan fingerprint density at radius 3 is 2.68 bits per heavy atom. The molecule has 1 aromatic carbocycles. The molecule has 1 saturated heterocycles. The van der Waals surface area contributed by atoms with Crippen molar-refractivity contribution in [1.82, 2.24) is 4.90 Å². The number of aliphatic carboxylic acids is 1. The first-order valence-electron chi connectivity index (χ1n) is 7.27. The quantitative estimate of drug-likeness (QED) is 0.783. The van der Waals surface area contributed by atoms with Gasteiger partial charge in [0.25, 0.3) is 5.91 Å². The predicted octanol–water partition coefficient (Wildman–Crippen LogP) is 2.24. The van der Waals surface area contributed by atoms with E-state index in [9.17, 15) is 27.2 Å². The lowest BCUT2D eigenvalue weighted by Gasteiger charge is -2.35. The van der Waals surface area contributed by atoms with Crippen molar-refractivity contribution in [1.29, 1.82) is 0 Å². The van der Waals surface area contributed by atoms with Gasteiger partial charge in [-0.15, -0.1) is 0 Å². The fourth-order valence-electron chi connectivity index (χ4n) is 2.37. The van der Waals surface area contributed by atoms with E-state index in [2.05, 4.69) is 4.74 Å². The Bertz CT molecular complexity index is 640. The molecule has 0 saturated carbocycles.